The summed E-state index contributed by atoms with van der Waals surface area (Å²) in [5.74, 6) is 1.58. The molecule has 0 radical (unpaired) electrons. The van der Waals surface area contributed by atoms with Crippen molar-refractivity contribution >= 4 is 10.9 Å². The number of nitrogens with zero attached hydrogens (tertiary/aromatic N) is 5. The summed E-state index contributed by atoms with van der Waals surface area (Å²) >= 11 is 0. The Hall–Kier alpha value is -3.56. The predicted octanol–water partition coefficient (Wildman–Crippen LogP) is 4.55. The van der Waals surface area contributed by atoms with Gasteiger partial charge in [0, 0.05) is 36.2 Å². The third-order valence-corrected chi connectivity index (χ3v) is 7.17. The van der Waals surface area contributed by atoms with E-state index in [4.69, 9.17) is 9.47 Å². The number of ether oxygens (including phenoxy) is 2. The van der Waals surface area contributed by atoms with Crippen LogP contribution in [0, 0.1) is 6.92 Å². The molecule has 1 aliphatic rings. The Kier molecular flexibility index (Phi) is 8.14. The van der Waals surface area contributed by atoms with E-state index in [2.05, 4.69) is 63.5 Å². The van der Waals surface area contributed by atoms with Crippen LogP contribution < -0.4 is 10.3 Å². The van der Waals surface area contributed by atoms with Crippen molar-refractivity contribution in [1.29, 1.82) is 0 Å². The second-order valence-electron chi connectivity index (χ2n) is 9.97. The molecule has 0 saturated carbocycles. The van der Waals surface area contributed by atoms with Crippen molar-refractivity contribution in [3.63, 3.8) is 0 Å². The van der Waals surface area contributed by atoms with E-state index in [0.717, 1.165) is 48.3 Å². The van der Waals surface area contributed by atoms with Crippen LogP contribution in [0.1, 0.15) is 61.7 Å². The highest BCUT2D eigenvalue weighted by molar-refractivity contribution is 5.80. The number of benzene rings is 2. The second-order valence-corrected chi connectivity index (χ2v) is 9.97. The van der Waals surface area contributed by atoms with Crippen molar-refractivity contribution in [3.8, 4) is 5.75 Å². The number of tetrazole rings is 1. The minimum Gasteiger partial charge on any atom is -0.494 e. The molecule has 5 rings (SSSR count). The van der Waals surface area contributed by atoms with Gasteiger partial charge in [0.1, 0.15) is 5.75 Å². The van der Waals surface area contributed by atoms with Crippen LogP contribution >= 0.6 is 0 Å². The van der Waals surface area contributed by atoms with Crippen molar-refractivity contribution in [3.05, 3.63) is 81.4 Å². The number of aromatic amines is 1. The molecule has 4 aromatic rings. The van der Waals surface area contributed by atoms with Gasteiger partial charge in [0.25, 0.3) is 5.56 Å². The van der Waals surface area contributed by atoms with Gasteiger partial charge in [-0.05, 0) is 73.4 Å². The lowest BCUT2D eigenvalue weighted by atomic mass is 10.1. The Morgan fingerprint density at radius 3 is 2.74 bits per heavy atom. The van der Waals surface area contributed by atoms with Crippen LogP contribution in [0.25, 0.3) is 10.9 Å². The number of aromatic nitrogens is 5. The molecule has 0 amide bonds. The largest absolute Gasteiger partial charge is 0.494 e. The van der Waals surface area contributed by atoms with Gasteiger partial charge in [-0.3, -0.25) is 9.69 Å². The molecule has 9 heteroatoms. The molecule has 0 bridgehead atoms. The maximum Gasteiger partial charge on any atom is 0.252 e. The van der Waals surface area contributed by atoms with Crippen LogP contribution in [-0.4, -0.2) is 49.4 Å². The zero-order valence-electron chi connectivity index (χ0n) is 22.4. The van der Waals surface area contributed by atoms with Crippen LogP contribution in [0.5, 0.6) is 5.75 Å². The molecule has 0 aliphatic carbocycles. The van der Waals surface area contributed by atoms with Gasteiger partial charge in [-0.15, -0.1) is 5.10 Å². The Balaban J connectivity index is 1.49. The van der Waals surface area contributed by atoms with E-state index >= 15 is 0 Å². The quantitative estimate of drug-likeness (QED) is 0.312. The molecule has 0 spiro atoms. The predicted molar refractivity (Wildman–Crippen MR) is 146 cm³/mol. The van der Waals surface area contributed by atoms with Crippen LogP contribution in [0.3, 0.4) is 0 Å². The second kappa shape index (κ2) is 11.9. The Morgan fingerprint density at radius 1 is 1.16 bits per heavy atom. The highest BCUT2D eigenvalue weighted by atomic mass is 16.5. The number of nitrogens with one attached hydrogen (secondary N) is 1. The lowest BCUT2D eigenvalue weighted by Gasteiger charge is -2.30. The van der Waals surface area contributed by atoms with E-state index in [-0.39, 0.29) is 17.7 Å². The topological polar surface area (TPSA) is 98.2 Å². The van der Waals surface area contributed by atoms with Crippen LogP contribution in [0.2, 0.25) is 0 Å². The minimum atomic E-state index is -0.0932. The highest BCUT2D eigenvalue weighted by Crippen LogP contribution is 2.28. The summed E-state index contributed by atoms with van der Waals surface area (Å²) < 4.78 is 13.4. The standard InChI is InChI=1S/C29H36N6O3/c1-4-27(28-31-32-33-35(28)19-25-7-6-14-38-25)34(17-21-10-8-20(3)9-11-21)18-23-15-22-16-24(37-5-2)12-13-26(22)30-29(23)36/h8-13,15-16,25,27H,4-7,14,17-19H2,1-3H3,(H,30,36)/t25-,27+/m0/s1. The third kappa shape index (κ3) is 5.95. The summed E-state index contributed by atoms with van der Waals surface area (Å²) in [6.45, 7) is 9.29. The SMILES string of the molecule is CCOc1ccc2[nH]c(=O)c(CN(Cc3ccc(C)cc3)[C@H](CC)c3nnnn3C[C@@H]3CCCO3)cc2c1. The summed E-state index contributed by atoms with van der Waals surface area (Å²) in [4.78, 5) is 18.5. The highest BCUT2D eigenvalue weighted by Gasteiger charge is 2.28. The van der Waals surface area contributed by atoms with Crippen LogP contribution in [0.4, 0.5) is 0 Å². The van der Waals surface area contributed by atoms with Crippen molar-refractivity contribution < 1.29 is 9.47 Å². The number of rotatable bonds is 11. The fourth-order valence-electron chi connectivity index (χ4n) is 5.19. The normalized spacial score (nSPS) is 16.4. The van der Waals surface area contributed by atoms with E-state index in [1.807, 2.05) is 35.9 Å². The van der Waals surface area contributed by atoms with Gasteiger partial charge >= 0.3 is 0 Å². The van der Waals surface area contributed by atoms with E-state index in [1.165, 1.54) is 11.1 Å². The Labute approximate surface area is 222 Å². The maximum absolute atomic E-state index is 13.2. The first kappa shape index (κ1) is 26.1. The van der Waals surface area contributed by atoms with Crippen molar-refractivity contribution in [1.82, 2.24) is 30.1 Å². The van der Waals surface area contributed by atoms with Gasteiger partial charge in [-0.25, -0.2) is 4.68 Å². The fraction of sp³-hybridized carbons (Fsp3) is 0.448. The molecule has 3 heterocycles. The van der Waals surface area contributed by atoms with Gasteiger partial charge in [0.2, 0.25) is 0 Å². The Morgan fingerprint density at radius 2 is 2.00 bits per heavy atom. The van der Waals surface area contributed by atoms with E-state index in [9.17, 15) is 4.79 Å². The molecule has 1 aliphatic heterocycles. The maximum atomic E-state index is 13.2. The number of hydrogen-bond acceptors (Lipinski definition) is 7. The number of pyridine rings is 1. The molecule has 1 fully saturated rings. The third-order valence-electron chi connectivity index (χ3n) is 7.17. The van der Waals surface area contributed by atoms with Gasteiger partial charge < -0.3 is 14.5 Å². The van der Waals surface area contributed by atoms with Crippen molar-refractivity contribution in [2.45, 2.75) is 71.8 Å². The Bertz CT molecular complexity index is 1410. The zero-order chi connectivity index (χ0) is 26.5. The molecular weight excluding hydrogens is 480 g/mol. The number of H-pyrrole nitrogens is 1. The molecular formula is C29H36N6O3. The van der Waals surface area contributed by atoms with Crippen molar-refractivity contribution in [2.24, 2.45) is 0 Å². The van der Waals surface area contributed by atoms with Gasteiger partial charge in [-0.2, -0.15) is 0 Å². The summed E-state index contributed by atoms with van der Waals surface area (Å²) in [6, 6.07) is 16.2. The molecule has 0 unspecified atom stereocenters. The molecule has 38 heavy (non-hydrogen) atoms. The minimum absolute atomic E-state index is 0.0856. The molecule has 2 aromatic heterocycles. The summed E-state index contributed by atoms with van der Waals surface area (Å²) in [7, 11) is 0. The van der Waals surface area contributed by atoms with Gasteiger partial charge in [0.15, 0.2) is 5.82 Å². The summed E-state index contributed by atoms with van der Waals surface area (Å²) in [5, 5.41) is 13.7. The average molecular weight is 517 g/mol. The van der Waals surface area contributed by atoms with E-state index in [1.54, 1.807) is 0 Å². The number of fused-ring (bicyclic) bond motifs is 1. The molecule has 9 nitrogen and oxygen atoms in total. The molecule has 1 saturated heterocycles. The lowest BCUT2D eigenvalue weighted by Crippen LogP contribution is -2.33. The lowest BCUT2D eigenvalue weighted by molar-refractivity contribution is 0.0888. The monoisotopic (exact) mass is 516 g/mol. The number of hydrogen-bond donors (Lipinski definition) is 1. The van der Waals surface area contributed by atoms with Gasteiger partial charge in [0.05, 0.1) is 25.3 Å². The molecule has 1 N–H and O–H groups in total. The van der Waals surface area contributed by atoms with Gasteiger partial charge in [-0.1, -0.05) is 36.8 Å². The summed E-state index contributed by atoms with van der Waals surface area (Å²) in [5.41, 5.74) is 3.77. The molecule has 2 aromatic carbocycles. The summed E-state index contributed by atoms with van der Waals surface area (Å²) in [6.07, 6.45) is 2.99. The van der Waals surface area contributed by atoms with Crippen molar-refractivity contribution in [2.75, 3.05) is 13.2 Å². The zero-order valence-corrected chi connectivity index (χ0v) is 22.4. The molecule has 200 valence electrons. The first-order chi connectivity index (χ1) is 18.5. The van der Waals surface area contributed by atoms with E-state index in [0.29, 0.717) is 31.8 Å². The van der Waals surface area contributed by atoms with Crippen LogP contribution in [-0.2, 0) is 24.4 Å². The van der Waals surface area contributed by atoms with Crippen LogP contribution in [0.15, 0.2) is 53.3 Å². The molecule has 2 atom stereocenters. The van der Waals surface area contributed by atoms with E-state index < -0.39 is 0 Å². The number of aryl methyl sites for hydroxylation is 1. The fourth-order valence-corrected chi connectivity index (χ4v) is 5.19. The first-order valence-electron chi connectivity index (χ1n) is 13.5. The smallest absolute Gasteiger partial charge is 0.252 e. The average Bonchev–Trinajstić information content (AvgIpc) is 3.59. The first-order valence-corrected chi connectivity index (χ1v) is 13.5.